The summed E-state index contributed by atoms with van der Waals surface area (Å²) in [6.45, 7) is 5.17. The van der Waals surface area contributed by atoms with Gasteiger partial charge in [-0.05, 0) is 43.5 Å². The number of rotatable bonds is 4. The van der Waals surface area contributed by atoms with Crippen LogP contribution in [0.2, 0.25) is 0 Å². The Morgan fingerprint density at radius 3 is 2.73 bits per heavy atom. The maximum absolute atomic E-state index is 12.6. The van der Waals surface area contributed by atoms with Crippen molar-refractivity contribution in [2.75, 3.05) is 13.2 Å². The second-order valence-corrected chi connectivity index (χ2v) is 7.39. The highest BCUT2D eigenvalue weighted by atomic mass is 16.5. The van der Waals surface area contributed by atoms with E-state index in [1.165, 1.54) is 24.8 Å². The van der Waals surface area contributed by atoms with Crippen LogP contribution in [0.15, 0.2) is 42.5 Å². The molecule has 1 aliphatic heterocycles. The lowest BCUT2D eigenvalue weighted by Gasteiger charge is -2.36. The van der Waals surface area contributed by atoms with E-state index in [4.69, 9.17) is 4.74 Å². The first-order valence-corrected chi connectivity index (χ1v) is 9.52. The Balaban J connectivity index is 1.44. The number of fused-ring (bicyclic) bond motifs is 1. The average molecular weight is 350 g/mol. The summed E-state index contributed by atoms with van der Waals surface area (Å²) in [5, 5.41) is 3.02. The summed E-state index contributed by atoms with van der Waals surface area (Å²) in [5.74, 6) is 0.884. The standard InChI is InChI=1S/C22H26N2O2/c1-16-5-7-17(8-6-16)14-23-22(25)18-9-10-21-19(13-18)15-24(11-12-26-21)20-3-2-4-20/h5-10,13,20H,2-4,11-12,14-15H2,1H3,(H,23,25). The monoisotopic (exact) mass is 350 g/mol. The normalized spacial score (nSPS) is 17.6. The van der Waals surface area contributed by atoms with Gasteiger partial charge in [0.25, 0.3) is 5.91 Å². The summed E-state index contributed by atoms with van der Waals surface area (Å²) >= 11 is 0. The molecule has 2 aromatic carbocycles. The molecule has 4 heteroatoms. The van der Waals surface area contributed by atoms with Crippen LogP contribution in [-0.4, -0.2) is 30.0 Å². The molecule has 1 fully saturated rings. The number of carbonyl (C=O) groups excluding carboxylic acids is 1. The smallest absolute Gasteiger partial charge is 0.251 e. The summed E-state index contributed by atoms with van der Waals surface area (Å²) < 4.78 is 5.90. The van der Waals surface area contributed by atoms with E-state index in [0.29, 0.717) is 18.2 Å². The predicted molar refractivity (Wildman–Crippen MR) is 102 cm³/mol. The summed E-state index contributed by atoms with van der Waals surface area (Å²) in [4.78, 5) is 15.1. The van der Waals surface area contributed by atoms with Gasteiger partial charge in [0.15, 0.2) is 0 Å². The number of amides is 1. The van der Waals surface area contributed by atoms with Crippen LogP contribution in [-0.2, 0) is 13.1 Å². The van der Waals surface area contributed by atoms with E-state index >= 15 is 0 Å². The van der Waals surface area contributed by atoms with Gasteiger partial charge in [0.05, 0.1) is 0 Å². The van der Waals surface area contributed by atoms with Crippen molar-refractivity contribution in [1.29, 1.82) is 0 Å². The first-order valence-electron chi connectivity index (χ1n) is 9.52. The molecule has 4 nitrogen and oxygen atoms in total. The van der Waals surface area contributed by atoms with E-state index < -0.39 is 0 Å². The highest BCUT2D eigenvalue weighted by Crippen LogP contribution is 2.30. The molecule has 0 aromatic heterocycles. The summed E-state index contributed by atoms with van der Waals surface area (Å²) in [7, 11) is 0. The molecule has 4 rings (SSSR count). The number of hydrogen-bond acceptors (Lipinski definition) is 3. The molecule has 136 valence electrons. The molecule has 1 N–H and O–H groups in total. The third kappa shape index (κ3) is 3.75. The van der Waals surface area contributed by atoms with Gasteiger partial charge in [-0.2, -0.15) is 0 Å². The van der Waals surface area contributed by atoms with Gasteiger partial charge in [-0.3, -0.25) is 9.69 Å². The molecule has 0 bridgehead atoms. The zero-order valence-corrected chi connectivity index (χ0v) is 15.3. The average Bonchev–Trinajstić information content (AvgIpc) is 2.81. The van der Waals surface area contributed by atoms with Crippen LogP contribution in [0.5, 0.6) is 5.75 Å². The number of aryl methyl sites for hydroxylation is 1. The van der Waals surface area contributed by atoms with E-state index in [2.05, 4.69) is 41.4 Å². The van der Waals surface area contributed by atoms with Gasteiger partial charge in [0.2, 0.25) is 0 Å². The van der Waals surface area contributed by atoms with E-state index in [-0.39, 0.29) is 5.91 Å². The van der Waals surface area contributed by atoms with Gasteiger partial charge in [-0.25, -0.2) is 0 Å². The lowest BCUT2D eigenvalue weighted by atomic mass is 9.91. The molecule has 2 aromatic rings. The van der Waals surface area contributed by atoms with Gasteiger partial charge in [0, 0.05) is 36.8 Å². The summed E-state index contributed by atoms with van der Waals surface area (Å²) in [5.41, 5.74) is 4.16. The third-order valence-corrected chi connectivity index (χ3v) is 5.50. The molecule has 0 atom stereocenters. The van der Waals surface area contributed by atoms with Crippen LogP contribution >= 0.6 is 0 Å². The highest BCUT2D eigenvalue weighted by Gasteiger charge is 2.27. The quantitative estimate of drug-likeness (QED) is 0.915. The lowest BCUT2D eigenvalue weighted by molar-refractivity contribution is 0.0950. The van der Waals surface area contributed by atoms with Crippen molar-refractivity contribution in [2.45, 2.75) is 45.3 Å². The molecule has 1 heterocycles. The van der Waals surface area contributed by atoms with Crippen LogP contribution in [0, 0.1) is 6.92 Å². The number of ether oxygens (including phenoxy) is 1. The molecule has 0 saturated heterocycles. The number of nitrogens with one attached hydrogen (secondary N) is 1. The van der Waals surface area contributed by atoms with Crippen molar-refractivity contribution in [3.05, 3.63) is 64.7 Å². The summed E-state index contributed by atoms with van der Waals surface area (Å²) in [6.07, 6.45) is 3.90. The molecule has 1 amide bonds. The largest absolute Gasteiger partial charge is 0.492 e. The fraction of sp³-hybridized carbons (Fsp3) is 0.409. The van der Waals surface area contributed by atoms with Crippen molar-refractivity contribution < 1.29 is 9.53 Å². The topological polar surface area (TPSA) is 41.6 Å². The van der Waals surface area contributed by atoms with E-state index in [9.17, 15) is 4.79 Å². The Hall–Kier alpha value is -2.33. The minimum Gasteiger partial charge on any atom is -0.492 e. The molecule has 2 aliphatic rings. The van der Waals surface area contributed by atoms with Crippen LogP contribution in [0.4, 0.5) is 0 Å². The van der Waals surface area contributed by atoms with E-state index in [1.807, 2.05) is 18.2 Å². The third-order valence-electron chi connectivity index (χ3n) is 5.50. The van der Waals surface area contributed by atoms with Crippen LogP contribution in [0.25, 0.3) is 0 Å². The van der Waals surface area contributed by atoms with Crippen LogP contribution in [0.3, 0.4) is 0 Å². The Kier molecular flexibility index (Phi) is 4.93. The Bertz CT molecular complexity index is 781. The molecular formula is C22H26N2O2. The van der Waals surface area contributed by atoms with Crippen molar-refractivity contribution >= 4 is 5.91 Å². The fourth-order valence-electron chi connectivity index (χ4n) is 3.61. The second-order valence-electron chi connectivity index (χ2n) is 7.39. The highest BCUT2D eigenvalue weighted by molar-refractivity contribution is 5.94. The van der Waals surface area contributed by atoms with Crippen LogP contribution in [0.1, 0.15) is 46.3 Å². The molecule has 26 heavy (non-hydrogen) atoms. The Labute approximate surface area is 155 Å². The first-order chi connectivity index (χ1) is 12.7. The van der Waals surface area contributed by atoms with Crippen molar-refractivity contribution in [1.82, 2.24) is 10.2 Å². The minimum absolute atomic E-state index is 0.0344. The van der Waals surface area contributed by atoms with Crippen molar-refractivity contribution in [3.63, 3.8) is 0 Å². The Morgan fingerprint density at radius 2 is 2.00 bits per heavy atom. The predicted octanol–water partition coefficient (Wildman–Crippen LogP) is 3.67. The molecule has 1 aliphatic carbocycles. The SMILES string of the molecule is Cc1ccc(CNC(=O)c2ccc3c(c2)CN(C2CCC2)CCO3)cc1. The zero-order valence-electron chi connectivity index (χ0n) is 15.3. The minimum atomic E-state index is -0.0344. The van der Waals surface area contributed by atoms with Crippen molar-refractivity contribution in [2.24, 2.45) is 0 Å². The van der Waals surface area contributed by atoms with Gasteiger partial charge in [-0.1, -0.05) is 36.2 Å². The van der Waals surface area contributed by atoms with Gasteiger partial charge in [-0.15, -0.1) is 0 Å². The lowest BCUT2D eigenvalue weighted by Crippen LogP contribution is -2.40. The fourth-order valence-corrected chi connectivity index (χ4v) is 3.61. The molecule has 1 saturated carbocycles. The van der Waals surface area contributed by atoms with Gasteiger partial charge < -0.3 is 10.1 Å². The maximum Gasteiger partial charge on any atom is 0.251 e. The number of nitrogens with zero attached hydrogens (tertiary/aromatic N) is 1. The molecule has 0 radical (unpaired) electrons. The molecule has 0 unspecified atom stereocenters. The molecular weight excluding hydrogens is 324 g/mol. The number of hydrogen-bond donors (Lipinski definition) is 1. The number of carbonyl (C=O) groups is 1. The summed E-state index contributed by atoms with van der Waals surface area (Å²) in [6, 6.07) is 14.7. The Morgan fingerprint density at radius 1 is 1.19 bits per heavy atom. The second kappa shape index (κ2) is 7.50. The molecule has 0 spiro atoms. The van der Waals surface area contributed by atoms with Crippen LogP contribution < -0.4 is 10.1 Å². The first kappa shape index (κ1) is 17.1. The van der Waals surface area contributed by atoms with Crippen molar-refractivity contribution in [3.8, 4) is 5.75 Å². The number of benzene rings is 2. The van der Waals surface area contributed by atoms with Gasteiger partial charge >= 0.3 is 0 Å². The van der Waals surface area contributed by atoms with E-state index in [1.54, 1.807) is 0 Å². The maximum atomic E-state index is 12.6. The van der Waals surface area contributed by atoms with E-state index in [0.717, 1.165) is 36.6 Å². The van der Waals surface area contributed by atoms with Gasteiger partial charge in [0.1, 0.15) is 12.4 Å². The zero-order chi connectivity index (χ0) is 17.9.